The standard InChI is InChI=1S/C21H25NO2/c1-16-14-22(15-17(2)24-16)21(23)20-11-7-6-10-19(20)13-12-18-8-4-3-5-9-18/h3-11,16-17H,12-15H2,1-2H3. The topological polar surface area (TPSA) is 29.5 Å². The Bertz CT molecular complexity index is 673. The molecule has 2 aromatic rings. The summed E-state index contributed by atoms with van der Waals surface area (Å²) in [5.41, 5.74) is 3.25. The van der Waals surface area contributed by atoms with Crippen molar-refractivity contribution in [3.05, 3.63) is 71.3 Å². The van der Waals surface area contributed by atoms with E-state index in [4.69, 9.17) is 4.74 Å². The summed E-state index contributed by atoms with van der Waals surface area (Å²) >= 11 is 0. The zero-order valence-electron chi connectivity index (χ0n) is 14.4. The molecule has 1 saturated heterocycles. The lowest BCUT2D eigenvalue weighted by Gasteiger charge is -2.35. The van der Waals surface area contributed by atoms with Crippen LogP contribution in [0.3, 0.4) is 0 Å². The second-order valence-electron chi connectivity index (χ2n) is 6.61. The highest BCUT2D eigenvalue weighted by Gasteiger charge is 2.27. The third-order valence-electron chi connectivity index (χ3n) is 4.48. The number of amides is 1. The lowest BCUT2D eigenvalue weighted by molar-refractivity contribution is -0.0586. The van der Waals surface area contributed by atoms with Crippen LogP contribution >= 0.6 is 0 Å². The van der Waals surface area contributed by atoms with Crippen molar-refractivity contribution in [1.29, 1.82) is 0 Å². The summed E-state index contributed by atoms with van der Waals surface area (Å²) < 4.78 is 5.74. The molecule has 1 fully saturated rings. The molecule has 0 bridgehead atoms. The van der Waals surface area contributed by atoms with Crippen molar-refractivity contribution in [2.75, 3.05) is 13.1 Å². The molecular formula is C21H25NO2. The van der Waals surface area contributed by atoms with Crippen LogP contribution in [0.5, 0.6) is 0 Å². The Kier molecular flexibility index (Phi) is 5.31. The van der Waals surface area contributed by atoms with Crippen LogP contribution in [0, 0.1) is 0 Å². The number of carbonyl (C=O) groups excluding carboxylic acids is 1. The van der Waals surface area contributed by atoms with Gasteiger partial charge in [-0.2, -0.15) is 0 Å². The Balaban J connectivity index is 1.74. The predicted octanol–water partition coefficient (Wildman–Crippen LogP) is 3.72. The van der Waals surface area contributed by atoms with E-state index < -0.39 is 0 Å². The number of nitrogens with zero attached hydrogens (tertiary/aromatic N) is 1. The SMILES string of the molecule is CC1CN(C(=O)c2ccccc2CCc2ccccc2)CC(C)O1. The molecule has 0 spiro atoms. The van der Waals surface area contributed by atoms with Crippen molar-refractivity contribution < 1.29 is 9.53 Å². The molecular weight excluding hydrogens is 298 g/mol. The number of rotatable bonds is 4. The molecule has 0 saturated carbocycles. The van der Waals surface area contributed by atoms with E-state index in [0.29, 0.717) is 13.1 Å². The van der Waals surface area contributed by atoms with Gasteiger partial charge < -0.3 is 9.64 Å². The van der Waals surface area contributed by atoms with Crippen molar-refractivity contribution >= 4 is 5.91 Å². The molecule has 1 heterocycles. The van der Waals surface area contributed by atoms with Gasteiger partial charge in [0.05, 0.1) is 12.2 Å². The van der Waals surface area contributed by atoms with Crippen LogP contribution in [0.1, 0.15) is 35.3 Å². The van der Waals surface area contributed by atoms with E-state index in [-0.39, 0.29) is 18.1 Å². The third kappa shape index (κ3) is 4.04. The van der Waals surface area contributed by atoms with E-state index in [1.54, 1.807) is 0 Å². The maximum absolute atomic E-state index is 13.0. The highest BCUT2D eigenvalue weighted by atomic mass is 16.5. The summed E-state index contributed by atoms with van der Waals surface area (Å²) in [6.45, 7) is 5.38. The first-order chi connectivity index (χ1) is 11.6. The molecule has 3 nitrogen and oxygen atoms in total. The molecule has 2 atom stereocenters. The van der Waals surface area contributed by atoms with Crippen LogP contribution in [0.15, 0.2) is 54.6 Å². The average molecular weight is 323 g/mol. The van der Waals surface area contributed by atoms with Crippen LogP contribution < -0.4 is 0 Å². The molecule has 0 N–H and O–H groups in total. The van der Waals surface area contributed by atoms with E-state index in [1.807, 2.05) is 43.0 Å². The first kappa shape index (κ1) is 16.7. The molecule has 24 heavy (non-hydrogen) atoms. The van der Waals surface area contributed by atoms with Crippen LogP contribution in [0.4, 0.5) is 0 Å². The molecule has 3 heteroatoms. The quantitative estimate of drug-likeness (QED) is 0.858. The van der Waals surface area contributed by atoms with Gasteiger partial charge in [0.2, 0.25) is 0 Å². The summed E-state index contributed by atoms with van der Waals surface area (Å²) in [5, 5.41) is 0. The number of hydrogen-bond acceptors (Lipinski definition) is 2. The Morgan fingerprint density at radius 3 is 2.29 bits per heavy atom. The predicted molar refractivity (Wildman–Crippen MR) is 96.2 cm³/mol. The maximum atomic E-state index is 13.0. The van der Waals surface area contributed by atoms with Gasteiger partial charge in [0.25, 0.3) is 5.91 Å². The summed E-state index contributed by atoms with van der Waals surface area (Å²) in [4.78, 5) is 14.9. The molecule has 2 unspecified atom stereocenters. The fraction of sp³-hybridized carbons (Fsp3) is 0.381. The second kappa shape index (κ2) is 7.63. The Labute approximate surface area is 144 Å². The molecule has 126 valence electrons. The zero-order chi connectivity index (χ0) is 16.9. The van der Waals surface area contributed by atoms with Gasteiger partial charge in [0.1, 0.15) is 0 Å². The van der Waals surface area contributed by atoms with E-state index in [0.717, 1.165) is 24.0 Å². The summed E-state index contributed by atoms with van der Waals surface area (Å²) in [6, 6.07) is 18.4. The Morgan fingerprint density at radius 1 is 0.958 bits per heavy atom. The number of morpholine rings is 1. The molecule has 0 aliphatic carbocycles. The third-order valence-corrected chi connectivity index (χ3v) is 4.48. The monoisotopic (exact) mass is 323 g/mol. The van der Waals surface area contributed by atoms with Gasteiger partial charge in [-0.05, 0) is 43.9 Å². The summed E-state index contributed by atoms with van der Waals surface area (Å²) in [5.74, 6) is 0.126. The van der Waals surface area contributed by atoms with Crippen LogP contribution in [0.25, 0.3) is 0 Å². The number of aryl methyl sites for hydroxylation is 2. The highest BCUT2D eigenvalue weighted by molar-refractivity contribution is 5.95. The number of benzene rings is 2. The van der Waals surface area contributed by atoms with E-state index in [2.05, 4.69) is 30.3 Å². The van der Waals surface area contributed by atoms with Crippen molar-refractivity contribution in [2.45, 2.75) is 38.9 Å². The van der Waals surface area contributed by atoms with Crippen molar-refractivity contribution in [2.24, 2.45) is 0 Å². The molecule has 0 aromatic heterocycles. The number of hydrogen-bond donors (Lipinski definition) is 0. The van der Waals surface area contributed by atoms with Gasteiger partial charge in [-0.1, -0.05) is 48.5 Å². The lowest BCUT2D eigenvalue weighted by Crippen LogP contribution is -2.48. The summed E-state index contributed by atoms with van der Waals surface area (Å²) in [6.07, 6.45) is 2.01. The number of ether oxygens (including phenoxy) is 1. The maximum Gasteiger partial charge on any atom is 0.254 e. The molecule has 1 amide bonds. The van der Waals surface area contributed by atoms with Gasteiger partial charge in [0.15, 0.2) is 0 Å². The molecule has 3 rings (SSSR count). The normalized spacial score (nSPS) is 20.8. The molecule has 0 radical (unpaired) electrons. The smallest absolute Gasteiger partial charge is 0.254 e. The van der Waals surface area contributed by atoms with Crippen molar-refractivity contribution in [3.8, 4) is 0 Å². The number of carbonyl (C=O) groups is 1. The fourth-order valence-electron chi connectivity index (χ4n) is 3.38. The van der Waals surface area contributed by atoms with E-state index in [9.17, 15) is 4.79 Å². The van der Waals surface area contributed by atoms with E-state index >= 15 is 0 Å². The largest absolute Gasteiger partial charge is 0.372 e. The molecule has 2 aromatic carbocycles. The lowest BCUT2D eigenvalue weighted by atomic mass is 9.98. The highest BCUT2D eigenvalue weighted by Crippen LogP contribution is 2.18. The van der Waals surface area contributed by atoms with Gasteiger partial charge >= 0.3 is 0 Å². The fourth-order valence-corrected chi connectivity index (χ4v) is 3.38. The second-order valence-corrected chi connectivity index (χ2v) is 6.61. The van der Waals surface area contributed by atoms with Crippen LogP contribution in [0.2, 0.25) is 0 Å². The minimum absolute atomic E-state index is 0.0918. The van der Waals surface area contributed by atoms with Gasteiger partial charge in [-0.15, -0.1) is 0 Å². The Morgan fingerprint density at radius 2 is 1.58 bits per heavy atom. The van der Waals surface area contributed by atoms with E-state index in [1.165, 1.54) is 5.56 Å². The average Bonchev–Trinajstić information content (AvgIpc) is 2.59. The minimum Gasteiger partial charge on any atom is -0.372 e. The Hall–Kier alpha value is -2.13. The van der Waals surface area contributed by atoms with Gasteiger partial charge in [-0.3, -0.25) is 4.79 Å². The van der Waals surface area contributed by atoms with Crippen molar-refractivity contribution in [3.63, 3.8) is 0 Å². The van der Waals surface area contributed by atoms with Crippen molar-refractivity contribution in [1.82, 2.24) is 4.90 Å². The van der Waals surface area contributed by atoms with Gasteiger partial charge in [0, 0.05) is 18.7 Å². The summed E-state index contributed by atoms with van der Waals surface area (Å²) in [7, 11) is 0. The first-order valence-electron chi connectivity index (χ1n) is 8.70. The molecule has 1 aliphatic heterocycles. The first-order valence-corrected chi connectivity index (χ1v) is 8.70. The molecule has 1 aliphatic rings. The van der Waals surface area contributed by atoms with Gasteiger partial charge in [-0.25, -0.2) is 0 Å². The van der Waals surface area contributed by atoms with Crippen LogP contribution in [-0.4, -0.2) is 36.1 Å². The minimum atomic E-state index is 0.0918. The zero-order valence-corrected chi connectivity index (χ0v) is 14.4. The van der Waals surface area contributed by atoms with Crippen LogP contribution in [-0.2, 0) is 17.6 Å².